The molecule has 0 radical (unpaired) electrons. The highest BCUT2D eigenvalue weighted by atomic mass is 19.2. The van der Waals surface area contributed by atoms with Crippen molar-refractivity contribution in [2.45, 2.75) is 0 Å². The van der Waals surface area contributed by atoms with E-state index < -0.39 is 46.0 Å². The van der Waals surface area contributed by atoms with Crippen LogP contribution >= 0.6 is 0 Å². The molecule has 2 aromatic carbocycles. The van der Waals surface area contributed by atoms with E-state index in [2.05, 4.69) is 5.92 Å². The van der Waals surface area contributed by atoms with Gasteiger partial charge in [-0.3, -0.25) is 0 Å². The summed E-state index contributed by atoms with van der Waals surface area (Å²) in [5, 5.41) is 0. The summed E-state index contributed by atoms with van der Waals surface area (Å²) in [5.41, 5.74) is -1.92. The summed E-state index contributed by atoms with van der Waals surface area (Å²) >= 11 is 0. The quantitative estimate of drug-likeness (QED) is 0.348. The van der Waals surface area contributed by atoms with Gasteiger partial charge in [-0.1, -0.05) is 5.92 Å². The molecule has 1 aliphatic heterocycles. The van der Waals surface area contributed by atoms with E-state index in [-0.39, 0.29) is 24.6 Å². The van der Waals surface area contributed by atoms with Crippen LogP contribution in [0.25, 0.3) is 11.1 Å². The summed E-state index contributed by atoms with van der Waals surface area (Å²) < 4.78 is 87.5. The van der Waals surface area contributed by atoms with Crippen LogP contribution in [0, 0.1) is 47.2 Å². The molecule has 0 fully saturated rings. The van der Waals surface area contributed by atoms with E-state index in [1.165, 1.54) is 0 Å². The Morgan fingerprint density at radius 3 is 2.16 bits per heavy atom. The molecule has 3 rings (SSSR count). The van der Waals surface area contributed by atoms with Gasteiger partial charge in [-0.15, -0.1) is 6.42 Å². The van der Waals surface area contributed by atoms with Crippen molar-refractivity contribution in [1.82, 2.24) is 0 Å². The molecule has 25 heavy (non-hydrogen) atoms. The SMILES string of the molecule is C#CCN1CCOc2cc(F)c(-c3c(F)c(F)c(F)c(F)c3F)cc21. The van der Waals surface area contributed by atoms with Crippen molar-refractivity contribution in [1.29, 1.82) is 0 Å². The molecule has 2 nitrogen and oxygen atoms in total. The summed E-state index contributed by atoms with van der Waals surface area (Å²) in [4.78, 5) is 1.56. The molecule has 0 unspecified atom stereocenters. The standard InChI is InChI=1S/C17H9F6NO/c1-2-3-24-4-5-25-11-7-9(18)8(6-10(11)24)12-13(19)15(21)17(23)16(22)14(12)20/h1,6-7H,3-5H2. The lowest BCUT2D eigenvalue weighted by atomic mass is 10.0. The number of halogens is 6. The number of anilines is 1. The molecule has 0 spiro atoms. The first kappa shape index (κ1) is 17.0. The maximum Gasteiger partial charge on any atom is 0.200 e. The first-order chi connectivity index (χ1) is 11.9. The number of nitrogens with zero attached hydrogens (tertiary/aromatic N) is 1. The molecule has 130 valence electrons. The summed E-state index contributed by atoms with van der Waals surface area (Å²) in [6, 6.07) is 1.78. The van der Waals surface area contributed by atoms with Crippen LogP contribution < -0.4 is 9.64 Å². The molecule has 0 aromatic heterocycles. The zero-order valence-electron chi connectivity index (χ0n) is 12.5. The van der Waals surface area contributed by atoms with Crippen LogP contribution in [0.15, 0.2) is 12.1 Å². The largest absolute Gasteiger partial charge is 0.489 e. The molecule has 0 amide bonds. The van der Waals surface area contributed by atoms with Gasteiger partial charge >= 0.3 is 0 Å². The first-order valence-electron chi connectivity index (χ1n) is 7.03. The fourth-order valence-corrected chi connectivity index (χ4v) is 2.60. The topological polar surface area (TPSA) is 12.5 Å². The molecule has 0 aliphatic carbocycles. The van der Waals surface area contributed by atoms with Gasteiger partial charge in [-0.05, 0) is 6.07 Å². The van der Waals surface area contributed by atoms with Gasteiger partial charge in [-0.2, -0.15) is 0 Å². The molecule has 2 aromatic rings. The predicted octanol–water partition coefficient (Wildman–Crippen LogP) is 4.02. The Bertz CT molecular complexity index is 876. The van der Waals surface area contributed by atoms with Crippen LogP contribution in [0.4, 0.5) is 32.0 Å². The Labute approximate surface area is 138 Å². The number of rotatable bonds is 2. The number of fused-ring (bicyclic) bond motifs is 1. The highest BCUT2D eigenvalue weighted by Gasteiger charge is 2.30. The average molecular weight is 357 g/mol. The Kier molecular flexibility index (Phi) is 4.25. The molecule has 0 atom stereocenters. The molecule has 0 bridgehead atoms. The minimum absolute atomic E-state index is 0.0617. The van der Waals surface area contributed by atoms with Crippen molar-refractivity contribution in [2.75, 3.05) is 24.6 Å². The van der Waals surface area contributed by atoms with Crippen molar-refractivity contribution in [2.24, 2.45) is 0 Å². The number of ether oxygens (including phenoxy) is 1. The Hall–Kier alpha value is -2.82. The van der Waals surface area contributed by atoms with E-state index >= 15 is 0 Å². The van der Waals surface area contributed by atoms with Crippen molar-refractivity contribution in [3.8, 4) is 29.2 Å². The van der Waals surface area contributed by atoms with Crippen LogP contribution in [-0.4, -0.2) is 19.7 Å². The van der Waals surface area contributed by atoms with Gasteiger partial charge in [0, 0.05) is 11.6 Å². The van der Waals surface area contributed by atoms with Crippen molar-refractivity contribution < 1.29 is 31.1 Å². The zero-order valence-corrected chi connectivity index (χ0v) is 12.5. The smallest absolute Gasteiger partial charge is 0.200 e. The predicted molar refractivity (Wildman–Crippen MR) is 78.2 cm³/mol. The molecule has 0 saturated heterocycles. The molecular weight excluding hydrogens is 348 g/mol. The van der Waals surface area contributed by atoms with E-state index in [1.54, 1.807) is 4.90 Å². The third kappa shape index (κ3) is 2.65. The fraction of sp³-hybridized carbons (Fsp3) is 0.176. The fourth-order valence-electron chi connectivity index (χ4n) is 2.60. The molecule has 8 heteroatoms. The highest BCUT2D eigenvalue weighted by molar-refractivity contribution is 5.75. The average Bonchev–Trinajstić information content (AvgIpc) is 2.59. The van der Waals surface area contributed by atoms with Crippen LogP contribution in [0.3, 0.4) is 0 Å². The van der Waals surface area contributed by atoms with E-state index in [0.717, 1.165) is 12.1 Å². The van der Waals surface area contributed by atoms with E-state index in [4.69, 9.17) is 11.2 Å². The lowest BCUT2D eigenvalue weighted by Crippen LogP contribution is -2.33. The Morgan fingerprint density at radius 2 is 1.56 bits per heavy atom. The van der Waals surface area contributed by atoms with Gasteiger partial charge in [0.2, 0.25) is 5.82 Å². The van der Waals surface area contributed by atoms with Crippen molar-refractivity contribution in [3.05, 3.63) is 47.0 Å². The molecular formula is C17H9F6NO. The maximum atomic E-state index is 14.3. The van der Waals surface area contributed by atoms with Crippen LogP contribution in [0.1, 0.15) is 0 Å². The van der Waals surface area contributed by atoms with E-state index in [0.29, 0.717) is 6.54 Å². The second-order valence-corrected chi connectivity index (χ2v) is 5.22. The molecule has 0 saturated carbocycles. The monoisotopic (exact) mass is 357 g/mol. The number of terminal acetylenes is 1. The summed E-state index contributed by atoms with van der Waals surface area (Å²) in [5.74, 6) is -9.61. The van der Waals surface area contributed by atoms with Gasteiger partial charge in [0.1, 0.15) is 18.2 Å². The van der Waals surface area contributed by atoms with E-state index in [9.17, 15) is 26.3 Å². The summed E-state index contributed by atoms with van der Waals surface area (Å²) in [6.07, 6.45) is 5.23. The molecule has 1 heterocycles. The molecule has 1 aliphatic rings. The number of hydrogen-bond acceptors (Lipinski definition) is 2. The van der Waals surface area contributed by atoms with Gasteiger partial charge in [0.15, 0.2) is 23.3 Å². The van der Waals surface area contributed by atoms with Gasteiger partial charge in [-0.25, -0.2) is 26.3 Å². The lowest BCUT2D eigenvalue weighted by molar-refractivity contribution is 0.308. The first-order valence-corrected chi connectivity index (χ1v) is 7.03. The van der Waals surface area contributed by atoms with Crippen molar-refractivity contribution >= 4 is 5.69 Å². The normalized spacial score (nSPS) is 13.2. The van der Waals surface area contributed by atoms with Crippen LogP contribution in [0.2, 0.25) is 0 Å². The summed E-state index contributed by atoms with van der Waals surface area (Å²) in [7, 11) is 0. The minimum atomic E-state index is -2.31. The Balaban J connectivity index is 2.27. The van der Waals surface area contributed by atoms with Gasteiger partial charge in [0.05, 0.1) is 24.3 Å². The third-order valence-corrected chi connectivity index (χ3v) is 3.77. The second-order valence-electron chi connectivity index (χ2n) is 5.22. The lowest BCUT2D eigenvalue weighted by Gasteiger charge is -2.30. The third-order valence-electron chi connectivity index (χ3n) is 3.77. The van der Waals surface area contributed by atoms with E-state index in [1.807, 2.05) is 0 Å². The van der Waals surface area contributed by atoms with Crippen LogP contribution in [0.5, 0.6) is 5.75 Å². The zero-order chi connectivity index (χ0) is 18.3. The number of hydrogen-bond donors (Lipinski definition) is 0. The second kappa shape index (κ2) is 6.24. The highest BCUT2D eigenvalue weighted by Crippen LogP contribution is 2.40. The maximum absolute atomic E-state index is 14.3. The molecule has 0 N–H and O–H groups in total. The van der Waals surface area contributed by atoms with Gasteiger partial charge < -0.3 is 9.64 Å². The summed E-state index contributed by atoms with van der Waals surface area (Å²) in [6.45, 7) is 0.619. The van der Waals surface area contributed by atoms with Crippen LogP contribution in [-0.2, 0) is 0 Å². The van der Waals surface area contributed by atoms with Gasteiger partial charge in [0.25, 0.3) is 0 Å². The number of benzene rings is 2. The van der Waals surface area contributed by atoms with Crippen molar-refractivity contribution in [3.63, 3.8) is 0 Å². The minimum Gasteiger partial charge on any atom is -0.489 e. The Morgan fingerprint density at radius 1 is 0.960 bits per heavy atom.